The highest BCUT2D eigenvalue weighted by Crippen LogP contribution is 2.30. The lowest BCUT2D eigenvalue weighted by Gasteiger charge is -2.25. The van der Waals surface area contributed by atoms with Gasteiger partial charge in [-0.15, -0.1) is 12.4 Å². The van der Waals surface area contributed by atoms with E-state index in [4.69, 9.17) is 0 Å². The summed E-state index contributed by atoms with van der Waals surface area (Å²) < 4.78 is 14.9. The largest absolute Gasteiger partial charge is 0.302 e. The highest BCUT2D eigenvalue weighted by Gasteiger charge is 2.21. The fraction of sp³-hybridized carbons (Fsp3) is 0.391. The second kappa shape index (κ2) is 10.8. The molecule has 162 valence electrons. The maximum atomic E-state index is 14.1. The van der Waals surface area contributed by atoms with Gasteiger partial charge in [0.2, 0.25) is 5.91 Å². The van der Waals surface area contributed by atoms with Crippen molar-refractivity contribution in [1.82, 2.24) is 9.88 Å². The number of benzene rings is 2. The van der Waals surface area contributed by atoms with Crippen molar-refractivity contribution in [1.29, 1.82) is 0 Å². The summed E-state index contributed by atoms with van der Waals surface area (Å²) in [5.41, 5.74) is 3.70. The van der Waals surface area contributed by atoms with Crippen LogP contribution in [-0.2, 0) is 11.2 Å². The second-order valence-corrected chi connectivity index (χ2v) is 8.26. The topological polar surface area (TPSA) is 36.4 Å². The number of carbonyl (C=O) groups is 1. The molecule has 0 saturated carbocycles. The summed E-state index contributed by atoms with van der Waals surface area (Å²) in [4.78, 5) is 21.7. The molecule has 0 unspecified atom stereocenters. The Balaban J connectivity index is 0.00000320. The Hall–Kier alpha value is -2.02. The number of amides is 1. The third kappa shape index (κ3) is 5.56. The molecule has 1 amide bonds. The van der Waals surface area contributed by atoms with E-state index in [1.54, 1.807) is 11.0 Å². The maximum Gasteiger partial charge on any atom is 0.233 e. The lowest BCUT2D eigenvalue weighted by atomic mass is 10.0. The molecule has 2 aromatic carbocycles. The van der Waals surface area contributed by atoms with Crippen LogP contribution < -0.4 is 4.90 Å². The van der Waals surface area contributed by atoms with E-state index in [-0.39, 0.29) is 24.1 Å². The van der Waals surface area contributed by atoms with Gasteiger partial charge in [0.15, 0.2) is 5.13 Å². The van der Waals surface area contributed by atoms with Crippen molar-refractivity contribution in [2.75, 3.05) is 31.1 Å². The van der Waals surface area contributed by atoms with Crippen LogP contribution in [0.1, 0.15) is 30.5 Å². The molecule has 0 aliphatic heterocycles. The minimum absolute atomic E-state index is 0. The number of para-hydroxylation sites is 1. The Morgan fingerprint density at radius 2 is 1.80 bits per heavy atom. The predicted octanol–water partition coefficient (Wildman–Crippen LogP) is 5.39. The van der Waals surface area contributed by atoms with Crippen LogP contribution in [-0.4, -0.2) is 42.0 Å². The number of anilines is 1. The smallest absolute Gasteiger partial charge is 0.233 e. The van der Waals surface area contributed by atoms with Crippen molar-refractivity contribution >= 4 is 45.0 Å². The highest BCUT2D eigenvalue weighted by atomic mass is 35.5. The van der Waals surface area contributed by atoms with Gasteiger partial charge in [-0.2, -0.15) is 0 Å². The summed E-state index contributed by atoms with van der Waals surface area (Å²) in [7, 11) is 0. The minimum Gasteiger partial charge on any atom is -0.302 e. The lowest BCUT2D eigenvalue weighted by molar-refractivity contribution is -0.118. The van der Waals surface area contributed by atoms with Crippen molar-refractivity contribution in [2.24, 2.45) is 0 Å². The molecule has 0 saturated heterocycles. The zero-order valence-corrected chi connectivity index (χ0v) is 19.6. The van der Waals surface area contributed by atoms with Crippen molar-refractivity contribution in [2.45, 2.75) is 34.1 Å². The number of thiazole rings is 1. The van der Waals surface area contributed by atoms with Crippen LogP contribution in [0.5, 0.6) is 0 Å². The summed E-state index contributed by atoms with van der Waals surface area (Å²) in [6.07, 6.45) is 0.303. The van der Waals surface area contributed by atoms with E-state index in [0.29, 0.717) is 23.6 Å². The molecule has 30 heavy (non-hydrogen) atoms. The second-order valence-electron chi connectivity index (χ2n) is 7.25. The minimum atomic E-state index is -0.352. The molecule has 4 nitrogen and oxygen atoms in total. The fourth-order valence-electron chi connectivity index (χ4n) is 3.31. The molecule has 0 aliphatic carbocycles. The van der Waals surface area contributed by atoms with Gasteiger partial charge in [-0.05, 0) is 55.8 Å². The SMILES string of the molecule is CCN(CC)CCN(C(=O)Cc1ccc(C)c(C)c1)c1nc2c(F)cccc2s1.Cl. The van der Waals surface area contributed by atoms with Crippen LogP contribution >= 0.6 is 23.7 Å². The quantitative estimate of drug-likeness (QED) is 0.462. The Labute approximate surface area is 188 Å². The molecular formula is C23H29ClFN3OS. The molecule has 7 heteroatoms. The highest BCUT2D eigenvalue weighted by molar-refractivity contribution is 7.22. The van der Waals surface area contributed by atoms with E-state index in [2.05, 4.69) is 43.6 Å². The van der Waals surface area contributed by atoms with E-state index in [9.17, 15) is 9.18 Å². The molecule has 0 atom stereocenters. The van der Waals surface area contributed by atoms with Gasteiger partial charge < -0.3 is 4.90 Å². The first kappa shape index (κ1) is 24.3. The monoisotopic (exact) mass is 449 g/mol. The van der Waals surface area contributed by atoms with Crippen molar-refractivity contribution in [3.05, 3.63) is 58.9 Å². The first-order valence-corrected chi connectivity index (χ1v) is 10.9. The van der Waals surface area contributed by atoms with Crippen molar-refractivity contribution < 1.29 is 9.18 Å². The van der Waals surface area contributed by atoms with Crippen molar-refractivity contribution in [3.8, 4) is 0 Å². The van der Waals surface area contributed by atoms with E-state index in [1.807, 2.05) is 18.2 Å². The van der Waals surface area contributed by atoms with Crippen LogP contribution in [0.15, 0.2) is 36.4 Å². The van der Waals surface area contributed by atoms with Crippen LogP contribution in [0, 0.1) is 19.7 Å². The molecule has 0 aliphatic rings. The normalized spacial score (nSPS) is 11.0. The van der Waals surface area contributed by atoms with Crippen molar-refractivity contribution in [3.63, 3.8) is 0 Å². The maximum absolute atomic E-state index is 14.1. The molecule has 3 aromatic rings. The molecule has 1 aromatic heterocycles. The predicted molar refractivity (Wildman–Crippen MR) is 127 cm³/mol. The zero-order chi connectivity index (χ0) is 21.0. The van der Waals surface area contributed by atoms with Gasteiger partial charge in [0.25, 0.3) is 0 Å². The summed E-state index contributed by atoms with van der Waals surface area (Å²) >= 11 is 1.37. The van der Waals surface area contributed by atoms with E-state index in [1.165, 1.54) is 28.5 Å². The number of rotatable bonds is 8. The third-order valence-corrected chi connectivity index (χ3v) is 6.39. The molecule has 1 heterocycles. The Morgan fingerprint density at radius 3 is 2.43 bits per heavy atom. The molecule has 0 N–H and O–H groups in total. The molecule has 3 rings (SSSR count). The lowest BCUT2D eigenvalue weighted by Crippen LogP contribution is -2.39. The van der Waals surface area contributed by atoms with Gasteiger partial charge in [0.1, 0.15) is 11.3 Å². The fourth-order valence-corrected chi connectivity index (χ4v) is 4.33. The van der Waals surface area contributed by atoms with Gasteiger partial charge in [-0.25, -0.2) is 9.37 Å². The average molecular weight is 450 g/mol. The van der Waals surface area contributed by atoms with Crippen LogP contribution in [0.3, 0.4) is 0 Å². The van der Waals surface area contributed by atoms with E-state index >= 15 is 0 Å². The number of aromatic nitrogens is 1. The van der Waals surface area contributed by atoms with Crippen LogP contribution in [0.2, 0.25) is 0 Å². The summed E-state index contributed by atoms with van der Waals surface area (Å²) in [5.74, 6) is -0.366. The van der Waals surface area contributed by atoms with Crippen LogP contribution in [0.4, 0.5) is 9.52 Å². The Morgan fingerprint density at radius 1 is 1.07 bits per heavy atom. The Kier molecular flexibility index (Phi) is 8.77. The standard InChI is InChI=1S/C23H28FN3OS.ClH/c1-5-26(6-2)12-13-27(21(28)15-18-11-10-16(3)17(4)14-18)23-25-22-19(24)8-7-9-20(22)29-23;/h7-11,14H,5-6,12-13,15H2,1-4H3;1H. The zero-order valence-electron chi connectivity index (χ0n) is 17.9. The first-order chi connectivity index (χ1) is 13.9. The summed E-state index contributed by atoms with van der Waals surface area (Å²) in [6, 6.07) is 11.0. The van der Waals surface area contributed by atoms with E-state index < -0.39 is 0 Å². The number of hydrogen-bond donors (Lipinski definition) is 0. The number of halogens is 2. The molecule has 0 fully saturated rings. The summed E-state index contributed by atoms with van der Waals surface area (Å²) in [6.45, 7) is 11.5. The average Bonchev–Trinajstić information content (AvgIpc) is 3.13. The first-order valence-electron chi connectivity index (χ1n) is 10.1. The van der Waals surface area contributed by atoms with Crippen LogP contribution in [0.25, 0.3) is 10.2 Å². The summed E-state index contributed by atoms with van der Waals surface area (Å²) in [5, 5.41) is 0.561. The number of carbonyl (C=O) groups excluding carboxylic acids is 1. The number of nitrogens with zero attached hydrogens (tertiary/aromatic N) is 3. The molecule has 0 bridgehead atoms. The number of fused-ring (bicyclic) bond motifs is 1. The molecule has 0 radical (unpaired) electrons. The molecule has 0 spiro atoms. The molecular weight excluding hydrogens is 421 g/mol. The number of aryl methyl sites for hydroxylation is 2. The van der Waals surface area contributed by atoms with Gasteiger partial charge in [0.05, 0.1) is 11.1 Å². The third-order valence-electron chi connectivity index (χ3n) is 5.35. The number of hydrogen-bond acceptors (Lipinski definition) is 4. The van der Waals surface area contributed by atoms with Gasteiger partial charge in [0, 0.05) is 13.1 Å². The van der Waals surface area contributed by atoms with E-state index in [0.717, 1.165) is 29.9 Å². The van der Waals surface area contributed by atoms with Gasteiger partial charge in [-0.3, -0.25) is 9.69 Å². The van der Waals surface area contributed by atoms with Gasteiger partial charge in [-0.1, -0.05) is 49.4 Å². The number of likely N-dealkylation sites (N-methyl/N-ethyl adjacent to an activating group) is 1. The Bertz CT molecular complexity index is 1000. The van der Waals surface area contributed by atoms with Gasteiger partial charge >= 0.3 is 0 Å².